The molecule has 0 aliphatic carbocycles. The van der Waals surface area contributed by atoms with Crippen LogP contribution in [0.3, 0.4) is 0 Å². The minimum absolute atomic E-state index is 0.290. The zero-order valence-corrected chi connectivity index (χ0v) is 12.1. The molecule has 0 aliphatic rings. The molecule has 0 nitrogen and oxygen atoms in total. The van der Waals surface area contributed by atoms with Crippen molar-refractivity contribution < 1.29 is 0 Å². The first kappa shape index (κ1) is 13.9. The third-order valence-corrected chi connectivity index (χ3v) is 3.92. The maximum Gasteiger partial charge on any atom is -0.0104 e. The minimum Gasteiger partial charge on any atom is -0.0622 e. The summed E-state index contributed by atoms with van der Waals surface area (Å²) in [7, 11) is 0. The van der Waals surface area contributed by atoms with Crippen LogP contribution in [0.25, 0.3) is 0 Å². The van der Waals surface area contributed by atoms with E-state index in [4.69, 9.17) is 0 Å². The average molecular weight is 252 g/mol. The molecule has 2 rings (SSSR count). The highest BCUT2D eigenvalue weighted by Crippen LogP contribution is 2.28. The zero-order valence-electron chi connectivity index (χ0n) is 12.1. The summed E-state index contributed by atoms with van der Waals surface area (Å²) in [5.41, 5.74) is 3.20. The molecule has 0 fully saturated rings. The van der Waals surface area contributed by atoms with Gasteiger partial charge in [-0.15, -0.1) is 0 Å². The van der Waals surface area contributed by atoms with Gasteiger partial charge < -0.3 is 0 Å². The van der Waals surface area contributed by atoms with E-state index in [2.05, 4.69) is 74.5 Å². The van der Waals surface area contributed by atoms with Crippen molar-refractivity contribution in [2.24, 2.45) is 0 Å². The van der Waals surface area contributed by atoms with Gasteiger partial charge in [0.2, 0.25) is 0 Å². The maximum atomic E-state index is 2.35. The third-order valence-electron chi connectivity index (χ3n) is 3.92. The topological polar surface area (TPSA) is 0 Å². The second-order valence-corrected chi connectivity index (χ2v) is 5.94. The van der Waals surface area contributed by atoms with Crippen LogP contribution in [0.2, 0.25) is 0 Å². The molecule has 0 bridgehead atoms. The number of rotatable bonds is 6. The van der Waals surface area contributed by atoms with Gasteiger partial charge in [-0.1, -0.05) is 80.9 Å². The normalized spacial score (nSPS) is 11.5. The van der Waals surface area contributed by atoms with Gasteiger partial charge in [-0.05, 0) is 35.8 Å². The van der Waals surface area contributed by atoms with Gasteiger partial charge in [0.25, 0.3) is 0 Å². The smallest absolute Gasteiger partial charge is 0.0104 e. The van der Waals surface area contributed by atoms with Gasteiger partial charge in [0.15, 0.2) is 0 Å². The quantitative estimate of drug-likeness (QED) is 0.606. The first-order valence-corrected chi connectivity index (χ1v) is 7.28. The molecule has 0 heteroatoms. The molecule has 0 unspecified atom stereocenters. The van der Waals surface area contributed by atoms with E-state index >= 15 is 0 Å². The van der Waals surface area contributed by atoms with E-state index in [0.717, 1.165) is 0 Å². The fourth-order valence-electron chi connectivity index (χ4n) is 2.57. The number of hydrogen-bond donors (Lipinski definition) is 0. The lowest BCUT2D eigenvalue weighted by molar-refractivity contribution is 0.452. The Morgan fingerprint density at radius 1 is 0.737 bits per heavy atom. The van der Waals surface area contributed by atoms with Gasteiger partial charge in [-0.2, -0.15) is 0 Å². The maximum absolute atomic E-state index is 2.35. The first-order chi connectivity index (χ1) is 9.18. The predicted octanol–water partition coefficient (Wildman–Crippen LogP) is 5.38. The van der Waals surface area contributed by atoms with Crippen LogP contribution in [0.5, 0.6) is 0 Å². The third kappa shape index (κ3) is 4.24. The Balaban J connectivity index is 1.79. The second kappa shape index (κ2) is 6.56. The Morgan fingerprint density at radius 2 is 1.32 bits per heavy atom. The summed E-state index contributed by atoms with van der Waals surface area (Å²) in [4.78, 5) is 0. The van der Waals surface area contributed by atoms with Crippen LogP contribution in [-0.4, -0.2) is 0 Å². The lowest BCUT2D eigenvalue weighted by atomic mass is 9.80. The van der Waals surface area contributed by atoms with Crippen molar-refractivity contribution in [3.05, 3.63) is 71.8 Å². The van der Waals surface area contributed by atoms with Gasteiger partial charge in [0.1, 0.15) is 0 Å². The summed E-state index contributed by atoms with van der Waals surface area (Å²) in [5, 5.41) is 0. The number of unbranched alkanes of at least 4 members (excludes halogenated alkanes) is 1. The molecule has 0 saturated heterocycles. The van der Waals surface area contributed by atoms with Crippen molar-refractivity contribution in [3.63, 3.8) is 0 Å². The second-order valence-electron chi connectivity index (χ2n) is 5.94. The van der Waals surface area contributed by atoms with Crippen LogP contribution < -0.4 is 0 Å². The van der Waals surface area contributed by atoms with Crippen LogP contribution >= 0.6 is 0 Å². The molecule has 0 amide bonds. The number of hydrogen-bond acceptors (Lipinski definition) is 0. The Kier molecular flexibility index (Phi) is 4.79. The van der Waals surface area contributed by atoms with Crippen molar-refractivity contribution in [1.82, 2.24) is 0 Å². The van der Waals surface area contributed by atoms with E-state index in [1.54, 1.807) is 0 Å². The van der Waals surface area contributed by atoms with Crippen molar-refractivity contribution >= 4 is 0 Å². The molecule has 0 aromatic heterocycles. The van der Waals surface area contributed by atoms with E-state index in [-0.39, 0.29) is 5.41 Å². The van der Waals surface area contributed by atoms with E-state index in [0.29, 0.717) is 0 Å². The van der Waals surface area contributed by atoms with Gasteiger partial charge in [-0.25, -0.2) is 0 Å². The van der Waals surface area contributed by atoms with Gasteiger partial charge in [0.05, 0.1) is 0 Å². The van der Waals surface area contributed by atoms with Crippen molar-refractivity contribution in [2.75, 3.05) is 0 Å². The van der Waals surface area contributed by atoms with Crippen LogP contribution in [0.4, 0.5) is 0 Å². The van der Waals surface area contributed by atoms with Crippen molar-refractivity contribution in [3.8, 4) is 0 Å². The first-order valence-electron chi connectivity index (χ1n) is 7.28. The Labute approximate surface area is 117 Å². The molecule has 0 N–H and O–H groups in total. The Bertz CT molecular complexity index is 468. The summed E-state index contributed by atoms with van der Waals surface area (Å²) < 4.78 is 0. The molecule has 2 aromatic carbocycles. The molecule has 0 aliphatic heterocycles. The van der Waals surface area contributed by atoms with Crippen LogP contribution in [-0.2, 0) is 11.8 Å². The summed E-state index contributed by atoms with van der Waals surface area (Å²) in [5.74, 6) is 0. The molecule has 0 radical (unpaired) electrons. The van der Waals surface area contributed by atoms with E-state index in [1.165, 1.54) is 36.8 Å². The predicted molar refractivity (Wildman–Crippen MR) is 83.5 cm³/mol. The van der Waals surface area contributed by atoms with Crippen molar-refractivity contribution in [1.29, 1.82) is 0 Å². The average Bonchev–Trinajstić information content (AvgIpc) is 2.46. The standard InChI is InChI=1S/C19H24/c1-19(2,18-14-7-4-8-15-18)16-10-9-13-17-11-5-3-6-12-17/h3-8,11-12,14-15H,9-10,13,16H2,1-2H3. The Morgan fingerprint density at radius 3 is 1.95 bits per heavy atom. The number of benzene rings is 2. The molecule has 0 spiro atoms. The van der Waals surface area contributed by atoms with Crippen LogP contribution in [0.15, 0.2) is 60.7 Å². The molecule has 2 aromatic rings. The highest BCUT2D eigenvalue weighted by atomic mass is 14.2. The Hall–Kier alpha value is -1.56. The lowest BCUT2D eigenvalue weighted by Gasteiger charge is -2.25. The monoisotopic (exact) mass is 252 g/mol. The van der Waals surface area contributed by atoms with Gasteiger partial charge in [-0.3, -0.25) is 0 Å². The molecule has 19 heavy (non-hydrogen) atoms. The molecule has 100 valence electrons. The lowest BCUT2D eigenvalue weighted by Crippen LogP contribution is -2.16. The van der Waals surface area contributed by atoms with Crippen LogP contribution in [0.1, 0.15) is 44.2 Å². The molecule has 0 saturated carbocycles. The fraction of sp³-hybridized carbons (Fsp3) is 0.368. The largest absolute Gasteiger partial charge is 0.0622 e. The van der Waals surface area contributed by atoms with Crippen LogP contribution in [0, 0.1) is 0 Å². The summed E-state index contributed by atoms with van der Waals surface area (Å²) in [6.45, 7) is 4.70. The molecule has 0 atom stereocenters. The molecule has 0 heterocycles. The van der Waals surface area contributed by atoms with Crippen molar-refractivity contribution in [2.45, 2.75) is 44.9 Å². The SMILES string of the molecule is CC(C)(CCCCc1ccccc1)c1ccccc1. The van der Waals surface area contributed by atoms with E-state index in [9.17, 15) is 0 Å². The summed E-state index contributed by atoms with van der Waals surface area (Å²) >= 11 is 0. The highest BCUT2D eigenvalue weighted by Gasteiger charge is 2.19. The molecular formula is C19H24. The van der Waals surface area contributed by atoms with E-state index in [1.807, 2.05) is 0 Å². The minimum atomic E-state index is 0.290. The zero-order chi connectivity index (χ0) is 13.6. The molecular weight excluding hydrogens is 228 g/mol. The van der Waals surface area contributed by atoms with Gasteiger partial charge >= 0.3 is 0 Å². The number of aryl methyl sites for hydroxylation is 1. The summed E-state index contributed by atoms with van der Waals surface area (Å²) in [6, 6.07) is 21.7. The fourth-order valence-corrected chi connectivity index (χ4v) is 2.57. The van der Waals surface area contributed by atoms with E-state index < -0.39 is 0 Å². The highest BCUT2D eigenvalue weighted by molar-refractivity contribution is 5.23. The summed E-state index contributed by atoms with van der Waals surface area (Å²) in [6.07, 6.45) is 5.02. The van der Waals surface area contributed by atoms with Gasteiger partial charge in [0, 0.05) is 0 Å².